The van der Waals surface area contributed by atoms with Crippen LogP contribution in [0.25, 0.3) is 0 Å². The van der Waals surface area contributed by atoms with E-state index in [-0.39, 0.29) is 17.9 Å². The molecular weight excluding hydrogens is 465 g/mol. The van der Waals surface area contributed by atoms with Gasteiger partial charge in [0, 0.05) is 24.0 Å². The predicted octanol–water partition coefficient (Wildman–Crippen LogP) is 3.31. The van der Waals surface area contributed by atoms with E-state index in [1.54, 1.807) is 49.4 Å². The van der Waals surface area contributed by atoms with Crippen LogP contribution in [0, 0.1) is 24.1 Å². The van der Waals surface area contributed by atoms with Crippen LogP contribution in [-0.4, -0.2) is 29.5 Å². The van der Waals surface area contributed by atoms with Gasteiger partial charge in [0.2, 0.25) is 11.8 Å². The van der Waals surface area contributed by atoms with Crippen molar-refractivity contribution in [3.8, 4) is 5.75 Å². The van der Waals surface area contributed by atoms with Crippen LogP contribution < -0.4 is 15.2 Å². The number of aromatic nitrogens is 1. The molecule has 0 radical (unpaired) electrons. The van der Waals surface area contributed by atoms with Crippen molar-refractivity contribution in [2.75, 3.05) is 12.0 Å². The maximum atomic E-state index is 14.5. The fraction of sp³-hybridized carbons (Fsp3) is 0.259. The van der Waals surface area contributed by atoms with Crippen molar-refractivity contribution in [3.63, 3.8) is 0 Å². The quantitative estimate of drug-likeness (QED) is 0.567. The lowest BCUT2D eigenvalue weighted by molar-refractivity contribution is -0.147. The van der Waals surface area contributed by atoms with Gasteiger partial charge in [0.1, 0.15) is 17.0 Å². The summed E-state index contributed by atoms with van der Waals surface area (Å²) in [5, 5.41) is 8.64. The first-order chi connectivity index (χ1) is 17.2. The van der Waals surface area contributed by atoms with Gasteiger partial charge in [-0.2, -0.15) is 0 Å². The van der Waals surface area contributed by atoms with Crippen LogP contribution in [0.2, 0.25) is 0 Å². The molecule has 36 heavy (non-hydrogen) atoms. The van der Waals surface area contributed by atoms with Crippen molar-refractivity contribution < 1.29 is 23.5 Å². The Bertz CT molecular complexity index is 1480. The first-order valence-electron chi connectivity index (χ1n) is 11.5. The number of anilines is 1. The number of amides is 1. The van der Waals surface area contributed by atoms with Gasteiger partial charge < -0.3 is 18.9 Å². The van der Waals surface area contributed by atoms with E-state index in [1.807, 2.05) is 6.92 Å². The highest BCUT2D eigenvalue weighted by Crippen LogP contribution is 2.55. The van der Waals surface area contributed by atoms with Crippen LogP contribution in [0.4, 0.5) is 10.1 Å². The molecule has 1 aromatic heterocycles. The van der Waals surface area contributed by atoms with Crippen LogP contribution in [0.1, 0.15) is 29.3 Å². The third-order valence-corrected chi connectivity index (χ3v) is 6.99. The molecular formula is C27H24FN3O5. The number of rotatable bonds is 4. The molecule has 184 valence electrons. The molecule has 1 spiro atoms. The minimum atomic E-state index is -1.86. The molecule has 3 heterocycles. The van der Waals surface area contributed by atoms with E-state index in [9.17, 15) is 18.8 Å². The Morgan fingerprint density at radius 3 is 2.53 bits per heavy atom. The van der Waals surface area contributed by atoms with Crippen molar-refractivity contribution >= 4 is 23.5 Å². The molecule has 3 aromatic rings. The van der Waals surface area contributed by atoms with Crippen LogP contribution in [0.15, 0.2) is 59.4 Å². The predicted molar refractivity (Wildman–Crippen MR) is 130 cm³/mol. The van der Waals surface area contributed by atoms with Crippen molar-refractivity contribution in [3.05, 3.63) is 93.2 Å². The molecule has 2 aliphatic rings. The molecule has 8 nitrogen and oxygen atoms in total. The Kier molecular flexibility index (Phi) is 5.50. The molecule has 2 aliphatic heterocycles. The van der Waals surface area contributed by atoms with E-state index >= 15 is 0 Å². The van der Waals surface area contributed by atoms with Crippen molar-refractivity contribution in [1.82, 2.24) is 4.57 Å². The number of pyridine rings is 1. The van der Waals surface area contributed by atoms with Gasteiger partial charge in [-0.05, 0) is 43.2 Å². The third kappa shape index (κ3) is 3.12. The number of para-hydroxylation sites is 1. The fourth-order valence-corrected chi connectivity index (χ4v) is 5.43. The number of nitrogens with zero attached hydrogens (tertiary/aromatic N) is 2. The Hall–Kier alpha value is -4.27. The Morgan fingerprint density at radius 1 is 1.17 bits per heavy atom. The summed E-state index contributed by atoms with van der Waals surface area (Å²) in [6, 6.07) is 14.2. The number of fused-ring (bicyclic) bond motifs is 4. The van der Waals surface area contributed by atoms with E-state index in [0.29, 0.717) is 29.1 Å². The largest absolute Gasteiger partial charge is 0.468 e. The average Bonchev–Trinajstić information content (AvgIpc) is 3.08. The summed E-state index contributed by atoms with van der Waals surface area (Å²) >= 11 is 0. The number of benzene rings is 2. The SMILES string of the molecule is CCn1c(C)cc2c(c1=O)C1(C(=O)N(Cc3ccc(F)cc3)c3ccccc31)C(C(=O)OC)C(=N)O2. The monoisotopic (exact) mass is 489 g/mol. The summed E-state index contributed by atoms with van der Waals surface area (Å²) in [6.07, 6.45) is 0. The van der Waals surface area contributed by atoms with E-state index in [0.717, 1.165) is 0 Å². The molecule has 1 N–H and O–H groups in total. The Morgan fingerprint density at radius 2 is 1.86 bits per heavy atom. The lowest BCUT2D eigenvalue weighted by Crippen LogP contribution is -2.58. The third-order valence-electron chi connectivity index (χ3n) is 6.99. The van der Waals surface area contributed by atoms with E-state index in [1.165, 1.54) is 28.7 Å². The molecule has 2 atom stereocenters. The van der Waals surface area contributed by atoms with Gasteiger partial charge in [0.15, 0.2) is 5.92 Å². The first-order valence-corrected chi connectivity index (χ1v) is 11.5. The lowest BCUT2D eigenvalue weighted by Gasteiger charge is -2.39. The van der Waals surface area contributed by atoms with Crippen LogP contribution in [-0.2, 0) is 32.8 Å². The molecule has 0 saturated carbocycles. The van der Waals surface area contributed by atoms with Gasteiger partial charge in [0.25, 0.3) is 5.56 Å². The van der Waals surface area contributed by atoms with Gasteiger partial charge >= 0.3 is 5.97 Å². The normalized spacial score (nSPS) is 20.2. The summed E-state index contributed by atoms with van der Waals surface area (Å²) in [4.78, 5) is 43.1. The summed E-state index contributed by atoms with van der Waals surface area (Å²) in [7, 11) is 1.17. The minimum absolute atomic E-state index is 0.000376. The molecule has 0 fully saturated rings. The number of carbonyl (C=O) groups is 2. The Balaban J connectivity index is 1.84. The Labute approximate surface area is 206 Å². The number of methoxy groups -OCH3 is 1. The highest BCUT2D eigenvalue weighted by Gasteiger charge is 2.65. The van der Waals surface area contributed by atoms with E-state index in [2.05, 4.69) is 0 Å². The van der Waals surface area contributed by atoms with E-state index in [4.69, 9.17) is 14.9 Å². The first kappa shape index (κ1) is 23.5. The molecule has 0 saturated heterocycles. The zero-order valence-corrected chi connectivity index (χ0v) is 20.0. The second-order valence-electron chi connectivity index (χ2n) is 8.84. The average molecular weight is 490 g/mol. The van der Waals surface area contributed by atoms with Crippen molar-refractivity contribution in [2.45, 2.75) is 32.4 Å². The molecule has 5 rings (SSSR count). The highest BCUT2D eigenvalue weighted by atomic mass is 19.1. The number of halogens is 1. The smallest absolute Gasteiger partial charge is 0.319 e. The molecule has 0 bridgehead atoms. The highest BCUT2D eigenvalue weighted by molar-refractivity contribution is 6.18. The van der Waals surface area contributed by atoms with Crippen LogP contribution in [0.3, 0.4) is 0 Å². The second kappa shape index (κ2) is 8.44. The summed E-state index contributed by atoms with van der Waals surface area (Å²) in [5.74, 6) is -3.74. The molecule has 0 aliphatic carbocycles. The zero-order valence-electron chi connectivity index (χ0n) is 20.0. The number of hydrogen-bond donors (Lipinski definition) is 1. The fourth-order valence-electron chi connectivity index (χ4n) is 5.43. The van der Waals surface area contributed by atoms with Gasteiger partial charge in [-0.15, -0.1) is 0 Å². The number of aryl methyl sites for hydroxylation is 1. The molecule has 9 heteroatoms. The molecule has 1 amide bonds. The standard InChI is InChI=1S/C27H24FN3O5/c1-4-30-15(2)13-20-21(24(30)32)27(22(23(29)36-20)25(33)35-3)18-7-5-6-8-19(18)31(26(27)34)14-16-9-11-17(28)12-10-16/h5-13,22,29H,4,14H2,1-3H3. The van der Waals surface area contributed by atoms with Crippen LogP contribution in [0.5, 0.6) is 5.75 Å². The number of ether oxygens (including phenoxy) is 2. The second-order valence-corrected chi connectivity index (χ2v) is 8.84. The van der Waals surface area contributed by atoms with Gasteiger partial charge in [-0.3, -0.25) is 19.8 Å². The summed E-state index contributed by atoms with van der Waals surface area (Å²) in [5.41, 5.74) is -0.183. The maximum absolute atomic E-state index is 14.5. The lowest BCUT2D eigenvalue weighted by atomic mass is 9.64. The maximum Gasteiger partial charge on any atom is 0.319 e. The van der Waals surface area contributed by atoms with Gasteiger partial charge in [-0.1, -0.05) is 30.3 Å². The summed E-state index contributed by atoms with van der Waals surface area (Å²) < 4.78 is 25.8. The number of hydrogen-bond acceptors (Lipinski definition) is 6. The van der Waals surface area contributed by atoms with E-state index < -0.39 is 40.5 Å². The zero-order chi connectivity index (χ0) is 25.8. The topological polar surface area (TPSA) is 102 Å². The van der Waals surface area contributed by atoms with Crippen molar-refractivity contribution in [1.29, 1.82) is 5.41 Å². The van der Waals surface area contributed by atoms with Crippen LogP contribution >= 0.6 is 0 Å². The minimum Gasteiger partial charge on any atom is -0.468 e. The summed E-state index contributed by atoms with van der Waals surface area (Å²) in [6.45, 7) is 3.96. The molecule has 2 unspecified atom stereocenters. The number of carbonyl (C=O) groups excluding carboxylic acids is 2. The number of nitrogens with one attached hydrogen (secondary N) is 1. The number of esters is 1. The van der Waals surface area contributed by atoms with Gasteiger partial charge in [-0.25, -0.2) is 4.39 Å². The molecule has 2 aromatic carbocycles. The van der Waals surface area contributed by atoms with Gasteiger partial charge in [0.05, 0.1) is 19.2 Å². The van der Waals surface area contributed by atoms with Crippen molar-refractivity contribution in [2.24, 2.45) is 5.92 Å².